The Kier molecular flexibility index (Phi) is 1.56. The van der Waals surface area contributed by atoms with Gasteiger partial charge >= 0.3 is 0 Å². The monoisotopic (exact) mass is 163 g/mol. The molecule has 0 atom stereocenters. The average Bonchev–Trinajstić information content (AvgIpc) is 2.82. The van der Waals surface area contributed by atoms with Crippen LogP contribution in [0.5, 0.6) is 0 Å². The van der Waals surface area contributed by atoms with Crippen molar-refractivity contribution in [1.29, 1.82) is 0 Å². The largest absolute Gasteiger partial charge is 0.346 e. The summed E-state index contributed by atoms with van der Waals surface area (Å²) in [6, 6.07) is 2.14. The molecule has 64 valence electrons. The third-order valence-electron chi connectivity index (χ3n) is 2.68. The third kappa shape index (κ3) is 0.986. The van der Waals surface area contributed by atoms with E-state index in [9.17, 15) is 4.79 Å². The summed E-state index contributed by atoms with van der Waals surface area (Å²) in [6.07, 6.45) is 3.48. The first-order valence-electron chi connectivity index (χ1n) is 4.35. The van der Waals surface area contributed by atoms with Crippen molar-refractivity contribution in [3.8, 4) is 0 Å². The average molecular weight is 163 g/mol. The van der Waals surface area contributed by atoms with E-state index in [-0.39, 0.29) is 0 Å². The van der Waals surface area contributed by atoms with Gasteiger partial charge in [-0.05, 0) is 37.3 Å². The predicted octanol–water partition coefficient (Wildman–Crippen LogP) is 2.02. The maximum Gasteiger partial charge on any atom is 0.166 e. The number of hydrogen-bond acceptors (Lipinski definition) is 1. The Morgan fingerprint density at radius 2 is 2.25 bits per heavy atom. The Hall–Kier alpha value is -1.05. The van der Waals surface area contributed by atoms with E-state index in [1.54, 1.807) is 0 Å². The first kappa shape index (κ1) is 7.59. The number of nitrogens with zero attached hydrogens (tertiary/aromatic N) is 1. The molecule has 1 aromatic rings. The van der Waals surface area contributed by atoms with Crippen LogP contribution in [0.25, 0.3) is 0 Å². The molecule has 0 amide bonds. The molecule has 2 nitrogen and oxygen atoms in total. The van der Waals surface area contributed by atoms with Gasteiger partial charge in [-0.1, -0.05) is 0 Å². The molecule has 1 heterocycles. The molecule has 0 radical (unpaired) electrons. The molecule has 0 aromatic carbocycles. The molecule has 0 N–H and O–H groups in total. The summed E-state index contributed by atoms with van der Waals surface area (Å²) in [5.41, 5.74) is 3.30. The van der Waals surface area contributed by atoms with E-state index in [0.717, 1.165) is 12.0 Å². The summed E-state index contributed by atoms with van der Waals surface area (Å²) >= 11 is 0. The van der Waals surface area contributed by atoms with Crippen LogP contribution < -0.4 is 0 Å². The van der Waals surface area contributed by atoms with Gasteiger partial charge in [-0.15, -0.1) is 0 Å². The topological polar surface area (TPSA) is 22.0 Å². The molecule has 0 bridgehead atoms. The lowest BCUT2D eigenvalue weighted by Crippen LogP contribution is -1.97. The van der Waals surface area contributed by atoms with Crippen LogP contribution in [-0.4, -0.2) is 10.9 Å². The fourth-order valence-electron chi connectivity index (χ4n) is 1.65. The van der Waals surface area contributed by atoms with E-state index >= 15 is 0 Å². The maximum atomic E-state index is 10.8. The van der Waals surface area contributed by atoms with Crippen LogP contribution in [0.15, 0.2) is 6.07 Å². The number of aryl methyl sites for hydroxylation is 1. The summed E-state index contributed by atoms with van der Waals surface area (Å²) in [6.45, 7) is 2.04. The lowest BCUT2D eigenvalue weighted by Gasteiger charge is -1.98. The summed E-state index contributed by atoms with van der Waals surface area (Å²) in [7, 11) is 1.95. The number of rotatable bonds is 2. The molecule has 1 aliphatic carbocycles. The Labute approximate surface area is 72.2 Å². The molecule has 0 unspecified atom stereocenters. The van der Waals surface area contributed by atoms with Crippen molar-refractivity contribution in [1.82, 2.24) is 4.57 Å². The Balaban J connectivity index is 2.51. The normalized spacial score (nSPS) is 16.5. The van der Waals surface area contributed by atoms with E-state index in [1.165, 1.54) is 24.1 Å². The summed E-state index contributed by atoms with van der Waals surface area (Å²) in [4.78, 5) is 10.8. The van der Waals surface area contributed by atoms with E-state index in [2.05, 4.69) is 6.07 Å². The molecule has 1 aliphatic rings. The molecule has 2 heteroatoms. The van der Waals surface area contributed by atoms with Crippen LogP contribution in [0.3, 0.4) is 0 Å². The van der Waals surface area contributed by atoms with Crippen molar-refractivity contribution in [3.05, 3.63) is 23.0 Å². The number of carbonyl (C=O) groups is 1. The van der Waals surface area contributed by atoms with Crippen LogP contribution >= 0.6 is 0 Å². The fraction of sp³-hybridized carbons (Fsp3) is 0.500. The van der Waals surface area contributed by atoms with Crippen molar-refractivity contribution in [2.45, 2.75) is 25.7 Å². The van der Waals surface area contributed by atoms with E-state index < -0.39 is 0 Å². The molecular weight excluding hydrogens is 150 g/mol. The lowest BCUT2D eigenvalue weighted by atomic mass is 10.1. The van der Waals surface area contributed by atoms with E-state index in [4.69, 9.17) is 0 Å². The van der Waals surface area contributed by atoms with Crippen LogP contribution in [0.2, 0.25) is 0 Å². The van der Waals surface area contributed by atoms with Crippen LogP contribution in [0.1, 0.15) is 40.5 Å². The molecular formula is C10H13NO. The van der Waals surface area contributed by atoms with Gasteiger partial charge in [0.15, 0.2) is 6.29 Å². The quantitative estimate of drug-likeness (QED) is 0.611. The van der Waals surface area contributed by atoms with E-state index in [1.807, 2.05) is 18.5 Å². The number of hydrogen-bond donors (Lipinski definition) is 0. The zero-order chi connectivity index (χ0) is 8.72. The highest BCUT2D eigenvalue weighted by molar-refractivity contribution is 5.76. The molecule has 12 heavy (non-hydrogen) atoms. The smallest absolute Gasteiger partial charge is 0.166 e. The second kappa shape index (κ2) is 2.47. The third-order valence-corrected chi connectivity index (χ3v) is 2.68. The fourth-order valence-corrected chi connectivity index (χ4v) is 1.65. The minimum Gasteiger partial charge on any atom is -0.346 e. The van der Waals surface area contributed by atoms with Crippen molar-refractivity contribution in [3.63, 3.8) is 0 Å². The first-order valence-corrected chi connectivity index (χ1v) is 4.35. The van der Waals surface area contributed by atoms with Gasteiger partial charge in [-0.3, -0.25) is 4.79 Å². The van der Waals surface area contributed by atoms with Gasteiger partial charge in [-0.2, -0.15) is 0 Å². The standard InChI is InChI=1S/C10H13NO/c1-7-5-9(8-3-4-8)10(6-12)11(7)2/h5-6,8H,3-4H2,1-2H3. The predicted molar refractivity (Wildman–Crippen MR) is 47.5 cm³/mol. The summed E-state index contributed by atoms with van der Waals surface area (Å²) in [5, 5.41) is 0. The molecule has 0 saturated heterocycles. The lowest BCUT2D eigenvalue weighted by molar-refractivity contribution is 0.111. The van der Waals surface area contributed by atoms with Gasteiger partial charge in [0.25, 0.3) is 0 Å². The van der Waals surface area contributed by atoms with Crippen LogP contribution in [0, 0.1) is 6.92 Å². The van der Waals surface area contributed by atoms with Gasteiger partial charge in [0, 0.05) is 12.7 Å². The molecule has 1 aromatic heterocycles. The highest BCUT2D eigenvalue weighted by atomic mass is 16.1. The summed E-state index contributed by atoms with van der Waals surface area (Å²) < 4.78 is 1.97. The van der Waals surface area contributed by atoms with Gasteiger partial charge in [-0.25, -0.2) is 0 Å². The highest BCUT2D eigenvalue weighted by Gasteiger charge is 2.27. The van der Waals surface area contributed by atoms with Crippen molar-refractivity contribution >= 4 is 6.29 Å². The SMILES string of the molecule is Cc1cc(C2CC2)c(C=O)n1C. The zero-order valence-electron chi connectivity index (χ0n) is 7.50. The first-order chi connectivity index (χ1) is 5.74. The van der Waals surface area contributed by atoms with E-state index in [0.29, 0.717) is 5.92 Å². The Morgan fingerprint density at radius 1 is 1.58 bits per heavy atom. The Morgan fingerprint density at radius 3 is 2.75 bits per heavy atom. The number of aldehydes is 1. The van der Waals surface area contributed by atoms with Crippen LogP contribution in [-0.2, 0) is 7.05 Å². The highest BCUT2D eigenvalue weighted by Crippen LogP contribution is 2.42. The van der Waals surface area contributed by atoms with Crippen molar-refractivity contribution < 1.29 is 4.79 Å². The molecule has 1 saturated carbocycles. The minimum absolute atomic E-state index is 0.671. The molecule has 0 aliphatic heterocycles. The van der Waals surface area contributed by atoms with Crippen molar-refractivity contribution in [2.24, 2.45) is 7.05 Å². The van der Waals surface area contributed by atoms with Gasteiger partial charge in [0.1, 0.15) is 0 Å². The molecule has 2 rings (SSSR count). The van der Waals surface area contributed by atoms with Gasteiger partial charge < -0.3 is 4.57 Å². The summed E-state index contributed by atoms with van der Waals surface area (Å²) in [5.74, 6) is 0.671. The molecule has 0 spiro atoms. The van der Waals surface area contributed by atoms with Gasteiger partial charge in [0.05, 0.1) is 5.69 Å². The second-order valence-electron chi connectivity index (χ2n) is 3.58. The Bertz CT molecular complexity index is 321. The van der Waals surface area contributed by atoms with Crippen molar-refractivity contribution in [2.75, 3.05) is 0 Å². The zero-order valence-corrected chi connectivity index (χ0v) is 7.50. The second-order valence-corrected chi connectivity index (χ2v) is 3.58. The molecule has 1 fully saturated rings. The van der Waals surface area contributed by atoms with Gasteiger partial charge in [0.2, 0.25) is 0 Å². The van der Waals surface area contributed by atoms with Crippen LogP contribution in [0.4, 0.5) is 0 Å². The minimum atomic E-state index is 0.671. The number of aromatic nitrogens is 1. The maximum absolute atomic E-state index is 10.8. The number of carbonyl (C=O) groups excluding carboxylic acids is 1.